The maximum Gasteiger partial charge on any atom is 0.163 e. The second kappa shape index (κ2) is 7.55. The SMILES string of the molecule is CN(Cc1ccccc1)c1nc(-c2cccc(Cl)c2Cl)nc2ccccc12. The average Bonchev–Trinajstić information content (AvgIpc) is 2.70. The maximum atomic E-state index is 6.42. The molecule has 0 amide bonds. The van der Waals surface area contributed by atoms with Crippen molar-refractivity contribution >= 4 is 39.9 Å². The van der Waals surface area contributed by atoms with Gasteiger partial charge in [-0.05, 0) is 29.8 Å². The molecule has 0 N–H and O–H groups in total. The van der Waals surface area contributed by atoms with Gasteiger partial charge in [0.15, 0.2) is 5.82 Å². The van der Waals surface area contributed by atoms with Crippen molar-refractivity contribution in [2.45, 2.75) is 6.54 Å². The predicted molar refractivity (Wildman–Crippen MR) is 114 cm³/mol. The topological polar surface area (TPSA) is 29.0 Å². The van der Waals surface area contributed by atoms with Crippen molar-refractivity contribution in [3.05, 3.63) is 88.4 Å². The van der Waals surface area contributed by atoms with Crippen molar-refractivity contribution in [3.8, 4) is 11.4 Å². The highest BCUT2D eigenvalue weighted by molar-refractivity contribution is 6.43. The highest BCUT2D eigenvalue weighted by Crippen LogP contribution is 2.34. The van der Waals surface area contributed by atoms with E-state index in [1.807, 2.05) is 61.6 Å². The molecule has 134 valence electrons. The molecule has 1 heterocycles. The summed E-state index contributed by atoms with van der Waals surface area (Å²) in [5.74, 6) is 1.42. The number of para-hydroxylation sites is 1. The molecule has 0 bridgehead atoms. The van der Waals surface area contributed by atoms with Crippen LogP contribution in [0.3, 0.4) is 0 Å². The lowest BCUT2D eigenvalue weighted by molar-refractivity contribution is 0.902. The number of hydrogen-bond acceptors (Lipinski definition) is 3. The van der Waals surface area contributed by atoms with Gasteiger partial charge in [0.25, 0.3) is 0 Å². The Hall–Kier alpha value is -2.62. The van der Waals surface area contributed by atoms with Crippen molar-refractivity contribution in [2.24, 2.45) is 0 Å². The van der Waals surface area contributed by atoms with Crippen LogP contribution in [0.1, 0.15) is 5.56 Å². The molecule has 0 saturated heterocycles. The normalized spacial score (nSPS) is 10.9. The van der Waals surface area contributed by atoms with E-state index in [1.54, 1.807) is 6.07 Å². The number of hydrogen-bond donors (Lipinski definition) is 0. The highest BCUT2D eigenvalue weighted by atomic mass is 35.5. The zero-order valence-corrected chi connectivity index (χ0v) is 16.2. The molecular weight excluding hydrogens is 377 g/mol. The maximum absolute atomic E-state index is 6.42. The number of nitrogens with zero attached hydrogens (tertiary/aromatic N) is 3. The second-order valence-corrected chi connectivity index (χ2v) is 7.12. The van der Waals surface area contributed by atoms with E-state index >= 15 is 0 Å². The molecule has 4 rings (SSSR count). The first-order valence-corrected chi connectivity index (χ1v) is 9.35. The first kappa shape index (κ1) is 17.8. The van der Waals surface area contributed by atoms with Gasteiger partial charge in [0, 0.05) is 24.5 Å². The van der Waals surface area contributed by atoms with E-state index in [0.29, 0.717) is 15.9 Å². The Kier molecular flexibility index (Phi) is 4.97. The van der Waals surface area contributed by atoms with E-state index in [9.17, 15) is 0 Å². The summed E-state index contributed by atoms with van der Waals surface area (Å²) in [7, 11) is 2.03. The van der Waals surface area contributed by atoms with E-state index in [1.165, 1.54) is 5.56 Å². The number of halogens is 2. The quantitative estimate of drug-likeness (QED) is 0.410. The van der Waals surface area contributed by atoms with Gasteiger partial charge in [-0.1, -0.05) is 71.7 Å². The van der Waals surface area contributed by atoms with Crippen molar-refractivity contribution in [1.82, 2.24) is 9.97 Å². The lowest BCUT2D eigenvalue weighted by Gasteiger charge is -2.21. The molecule has 5 heteroatoms. The summed E-state index contributed by atoms with van der Waals surface area (Å²) in [4.78, 5) is 11.7. The van der Waals surface area contributed by atoms with Gasteiger partial charge in [-0.2, -0.15) is 0 Å². The molecule has 0 fully saturated rings. The Morgan fingerprint density at radius 2 is 1.56 bits per heavy atom. The van der Waals surface area contributed by atoms with Gasteiger partial charge in [0.05, 0.1) is 15.6 Å². The highest BCUT2D eigenvalue weighted by Gasteiger charge is 2.15. The van der Waals surface area contributed by atoms with Gasteiger partial charge < -0.3 is 4.90 Å². The first-order chi connectivity index (χ1) is 13.1. The molecule has 0 atom stereocenters. The molecule has 4 aromatic rings. The Balaban J connectivity index is 1.85. The standard InChI is InChI=1S/C22H17Cl2N3/c1-27(14-15-8-3-2-4-9-15)22-16-10-5-6-13-19(16)25-21(26-22)17-11-7-12-18(23)20(17)24/h2-13H,14H2,1H3. The first-order valence-electron chi connectivity index (χ1n) is 8.60. The third-order valence-electron chi connectivity index (χ3n) is 4.40. The predicted octanol–water partition coefficient (Wildman–Crippen LogP) is 6.24. The second-order valence-electron chi connectivity index (χ2n) is 6.33. The van der Waals surface area contributed by atoms with Gasteiger partial charge in [0.1, 0.15) is 5.82 Å². The summed E-state index contributed by atoms with van der Waals surface area (Å²) in [6, 6.07) is 23.8. The molecule has 0 unspecified atom stereocenters. The molecule has 0 aliphatic rings. The van der Waals surface area contributed by atoms with E-state index in [2.05, 4.69) is 17.0 Å². The molecular formula is C22H17Cl2N3. The van der Waals surface area contributed by atoms with Crippen LogP contribution in [0.4, 0.5) is 5.82 Å². The summed E-state index contributed by atoms with van der Waals surface area (Å²) in [5.41, 5.74) is 2.81. The fourth-order valence-corrected chi connectivity index (χ4v) is 3.46. The molecule has 3 nitrogen and oxygen atoms in total. The van der Waals surface area contributed by atoms with Crippen LogP contribution in [-0.2, 0) is 6.54 Å². The minimum atomic E-state index is 0.464. The largest absolute Gasteiger partial charge is 0.355 e. The third-order valence-corrected chi connectivity index (χ3v) is 5.22. The average molecular weight is 394 g/mol. The van der Waals surface area contributed by atoms with Crippen LogP contribution in [0.5, 0.6) is 0 Å². The Bertz CT molecular complexity index is 1100. The smallest absolute Gasteiger partial charge is 0.163 e. The van der Waals surface area contributed by atoms with E-state index in [0.717, 1.165) is 28.8 Å². The molecule has 27 heavy (non-hydrogen) atoms. The summed E-state index contributed by atoms with van der Waals surface area (Å²) in [6.07, 6.45) is 0. The van der Waals surface area contributed by atoms with Crippen molar-refractivity contribution in [3.63, 3.8) is 0 Å². The number of benzene rings is 3. The molecule has 0 radical (unpaired) electrons. The summed E-state index contributed by atoms with van der Waals surface area (Å²) in [5, 5.41) is 1.95. The van der Waals surface area contributed by atoms with E-state index < -0.39 is 0 Å². The number of aromatic nitrogens is 2. The molecule has 0 spiro atoms. The zero-order chi connectivity index (χ0) is 18.8. The van der Waals surface area contributed by atoms with Crippen LogP contribution < -0.4 is 4.90 Å². The van der Waals surface area contributed by atoms with Gasteiger partial charge in [-0.15, -0.1) is 0 Å². The van der Waals surface area contributed by atoms with E-state index in [-0.39, 0.29) is 0 Å². The van der Waals surface area contributed by atoms with Gasteiger partial charge >= 0.3 is 0 Å². The minimum absolute atomic E-state index is 0.464. The zero-order valence-electron chi connectivity index (χ0n) is 14.7. The van der Waals surface area contributed by atoms with Crippen LogP contribution in [-0.4, -0.2) is 17.0 Å². The van der Waals surface area contributed by atoms with Crippen LogP contribution in [0.15, 0.2) is 72.8 Å². The fraction of sp³-hybridized carbons (Fsp3) is 0.0909. The van der Waals surface area contributed by atoms with Crippen molar-refractivity contribution < 1.29 is 0 Å². The van der Waals surface area contributed by atoms with Crippen LogP contribution in [0, 0.1) is 0 Å². The number of fused-ring (bicyclic) bond motifs is 1. The van der Waals surface area contributed by atoms with E-state index in [4.69, 9.17) is 33.2 Å². The lowest BCUT2D eigenvalue weighted by atomic mass is 10.1. The van der Waals surface area contributed by atoms with Crippen LogP contribution in [0.25, 0.3) is 22.3 Å². The van der Waals surface area contributed by atoms with Crippen LogP contribution >= 0.6 is 23.2 Å². The Morgan fingerprint density at radius 3 is 2.37 bits per heavy atom. The molecule has 0 aliphatic carbocycles. The van der Waals surface area contributed by atoms with Crippen molar-refractivity contribution in [2.75, 3.05) is 11.9 Å². The summed E-state index contributed by atoms with van der Waals surface area (Å²) >= 11 is 12.6. The molecule has 0 aliphatic heterocycles. The van der Waals surface area contributed by atoms with Crippen molar-refractivity contribution in [1.29, 1.82) is 0 Å². The molecule has 3 aromatic carbocycles. The van der Waals surface area contributed by atoms with Gasteiger partial charge in [-0.3, -0.25) is 0 Å². The van der Waals surface area contributed by atoms with Crippen LogP contribution in [0.2, 0.25) is 10.0 Å². The van der Waals surface area contributed by atoms with Gasteiger partial charge in [0.2, 0.25) is 0 Å². The number of anilines is 1. The summed E-state index contributed by atoms with van der Waals surface area (Å²) in [6.45, 7) is 0.741. The molecule has 0 saturated carbocycles. The fourth-order valence-electron chi connectivity index (χ4n) is 3.08. The third kappa shape index (κ3) is 3.61. The monoisotopic (exact) mass is 393 g/mol. The van der Waals surface area contributed by atoms with Gasteiger partial charge in [-0.25, -0.2) is 9.97 Å². The molecule has 1 aromatic heterocycles. The Labute approximate surface area is 168 Å². The lowest BCUT2D eigenvalue weighted by Crippen LogP contribution is -2.18. The number of rotatable bonds is 4. The summed E-state index contributed by atoms with van der Waals surface area (Å²) < 4.78 is 0. The Morgan fingerprint density at radius 1 is 0.815 bits per heavy atom. The minimum Gasteiger partial charge on any atom is -0.355 e.